The zero-order valence-electron chi connectivity index (χ0n) is 14.7. The molecule has 2 aromatic carbocycles. The number of benzene rings is 2. The molecule has 5 heteroatoms. The van der Waals surface area contributed by atoms with Crippen molar-refractivity contribution < 1.29 is 9.47 Å². The first kappa shape index (κ1) is 17.7. The Balaban J connectivity index is 1.99. The van der Waals surface area contributed by atoms with Gasteiger partial charge in [-0.3, -0.25) is 4.99 Å². The molecule has 0 fully saturated rings. The number of nitrogens with zero attached hydrogens (tertiary/aromatic N) is 1. The van der Waals surface area contributed by atoms with E-state index >= 15 is 0 Å². The molecular weight excluding hydrogens is 302 g/mol. The summed E-state index contributed by atoms with van der Waals surface area (Å²) < 4.78 is 10.5. The van der Waals surface area contributed by atoms with Gasteiger partial charge in [0.15, 0.2) is 17.5 Å². The molecule has 0 amide bonds. The minimum absolute atomic E-state index is 0.383. The van der Waals surface area contributed by atoms with Crippen LogP contribution in [0.15, 0.2) is 41.4 Å². The zero-order valence-corrected chi connectivity index (χ0v) is 14.7. The average molecular weight is 327 g/mol. The van der Waals surface area contributed by atoms with Crippen molar-refractivity contribution in [3.05, 3.63) is 53.1 Å². The van der Waals surface area contributed by atoms with Gasteiger partial charge >= 0.3 is 0 Å². The molecule has 2 rings (SSSR count). The monoisotopic (exact) mass is 327 g/mol. The van der Waals surface area contributed by atoms with Crippen molar-refractivity contribution in [2.24, 2.45) is 10.7 Å². The number of nitrogens with two attached hydrogens (primary N) is 1. The molecule has 0 aliphatic rings. The van der Waals surface area contributed by atoms with E-state index in [1.54, 1.807) is 14.2 Å². The van der Waals surface area contributed by atoms with E-state index in [-0.39, 0.29) is 0 Å². The summed E-state index contributed by atoms with van der Waals surface area (Å²) in [7, 11) is 3.21. The number of aryl methyl sites for hydroxylation is 2. The van der Waals surface area contributed by atoms with E-state index in [9.17, 15) is 0 Å². The lowest BCUT2D eigenvalue weighted by Crippen LogP contribution is -2.23. The summed E-state index contributed by atoms with van der Waals surface area (Å²) in [6, 6.07) is 11.8. The fourth-order valence-corrected chi connectivity index (χ4v) is 2.63. The number of hydrogen-bond acceptors (Lipinski definition) is 3. The Morgan fingerprint density at radius 3 is 2.33 bits per heavy atom. The van der Waals surface area contributed by atoms with E-state index in [1.165, 1.54) is 16.7 Å². The van der Waals surface area contributed by atoms with E-state index in [4.69, 9.17) is 15.2 Å². The Morgan fingerprint density at radius 2 is 1.71 bits per heavy atom. The summed E-state index contributed by atoms with van der Waals surface area (Å²) in [6.45, 7) is 4.88. The van der Waals surface area contributed by atoms with Crippen LogP contribution in [0, 0.1) is 13.8 Å². The zero-order chi connectivity index (χ0) is 17.5. The second-order valence-corrected chi connectivity index (χ2v) is 5.58. The number of methoxy groups -OCH3 is 2. The van der Waals surface area contributed by atoms with Crippen LogP contribution >= 0.6 is 0 Å². The fraction of sp³-hybridized carbons (Fsp3) is 0.316. The van der Waals surface area contributed by atoms with Crippen LogP contribution in [0.5, 0.6) is 11.5 Å². The van der Waals surface area contributed by atoms with Gasteiger partial charge < -0.3 is 20.5 Å². The van der Waals surface area contributed by atoms with Crippen molar-refractivity contribution >= 4 is 11.6 Å². The molecule has 0 aliphatic heterocycles. The molecule has 0 bridgehead atoms. The lowest BCUT2D eigenvalue weighted by Gasteiger charge is -2.11. The van der Waals surface area contributed by atoms with Crippen LogP contribution in [0.25, 0.3) is 0 Å². The summed E-state index contributed by atoms with van der Waals surface area (Å²) in [5.41, 5.74) is 10.7. The Morgan fingerprint density at radius 1 is 1.04 bits per heavy atom. The quantitative estimate of drug-likeness (QED) is 0.631. The highest BCUT2D eigenvalue weighted by atomic mass is 16.5. The molecule has 0 aliphatic carbocycles. The molecule has 128 valence electrons. The average Bonchev–Trinajstić information content (AvgIpc) is 2.57. The van der Waals surface area contributed by atoms with Gasteiger partial charge in [-0.25, -0.2) is 0 Å². The second kappa shape index (κ2) is 8.24. The van der Waals surface area contributed by atoms with Gasteiger partial charge in [0.2, 0.25) is 0 Å². The molecular formula is C19H25N3O2. The highest BCUT2D eigenvalue weighted by Gasteiger charge is 2.05. The summed E-state index contributed by atoms with van der Waals surface area (Å²) in [5, 5.41) is 3.08. The summed E-state index contributed by atoms with van der Waals surface area (Å²) in [6.07, 6.45) is 0.868. The Labute approximate surface area is 143 Å². The van der Waals surface area contributed by atoms with Crippen molar-refractivity contribution in [1.29, 1.82) is 0 Å². The van der Waals surface area contributed by atoms with E-state index in [2.05, 4.69) is 42.4 Å². The third kappa shape index (κ3) is 4.41. The Bertz CT molecular complexity index is 706. The smallest absolute Gasteiger partial charge is 0.193 e. The standard InChI is InChI=1S/C19H25N3O2/c1-13-6-5-7-14(2)16(13)10-11-21-19(20)22-15-8-9-17(23-3)18(12-15)24-4/h5-9,12H,10-11H2,1-4H3,(H3,20,21,22). The van der Waals surface area contributed by atoms with Crippen molar-refractivity contribution in [2.75, 3.05) is 26.1 Å². The van der Waals surface area contributed by atoms with Gasteiger partial charge in [-0.1, -0.05) is 18.2 Å². The summed E-state index contributed by atoms with van der Waals surface area (Å²) in [5.74, 6) is 1.70. The number of guanidine groups is 1. The molecule has 0 radical (unpaired) electrons. The molecule has 3 N–H and O–H groups in total. The first-order valence-corrected chi connectivity index (χ1v) is 7.89. The molecule has 2 aromatic rings. The minimum Gasteiger partial charge on any atom is -0.493 e. The third-order valence-electron chi connectivity index (χ3n) is 3.94. The van der Waals surface area contributed by atoms with Crippen molar-refractivity contribution in [2.45, 2.75) is 20.3 Å². The van der Waals surface area contributed by atoms with Gasteiger partial charge in [-0.2, -0.15) is 0 Å². The van der Waals surface area contributed by atoms with Crippen LogP contribution in [0.3, 0.4) is 0 Å². The highest BCUT2D eigenvalue weighted by Crippen LogP contribution is 2.29. The first-order valence-electron chi connectivity index (χ1n) is 7.89. The fourth-order valence-electron chi connectivity index (χ4n) is 2.63. The van der Waals surface area contributed by atoms with Gasteiger partial charge in [0, 0.05) is 18.3 Å². The predicted molar refractivity (Wildman–Crippen MR) is 99.3 cm³/mol. The third-order valence-corrected chi connectivity index (χ3v) is 3.94. The van der Waals surface area contributed by atoms with Gasteiger partial charge in [0.25, 0.3) is 0 Å². The van der Waals surface area contributed by atoms with Crippen LogP contribution in [0.2, 0.25) is 0 Å². The lowest BCUT2D eigenvalue weighted by molar-refractivity contribution is 0.355. The number of nitrogens with one attached hydrogen (secondary N) is 1. The Hall–Kier alpha value is -2.69. The van der Waals surface area contributed by atoms with Crippen LogP contribution in [-0.4, -0.2) is 26.7 Å². The van der Waals surface area contributed by atoms with Crippen molar-refractivity contribution in [3.8, 4) is 11.5 Å². The maximum absolute atomic E-state index is 5.97. The van der Waals surface area contributed by atoms with Gasteiger partial charge in [-0.15, -0.1) is 0 Å². The van der Waals surface area contributed by atoms with Crippen LogP contribution in [-0.2, 0) is 6.42 Å². The molecule has 0 spiro atoms. The van der Waals surface area contributed by atoms with E-state index in [0.29, 0.717) is 24.0 Å². The number of hydrogen-bond donors (Lipinski definition) is 2. The molecule has 0 heterocycles. The SMILES string of the molecule is COc1ccc(NC(N)=NCCc2c(C)cccc2C)cc1OC. The number of ether oxygens (including phenoxy) is 2. The Kier molecular flexibility index (Phi) is 6.07. The predicted octanol–water partition coefficient (Wildman–Crippen LogP) is 3.29. The van der Waals surface area contributed by atoms with Crippen molar-refractivity contribution in [3.63, 3.8) is 0 Å². The minimum atomic E-state index is 0.383. The largest absolute Gasteiger partial charge is 0.493 e. The number of anilines is 1. The topological polar surface area (TPSA) is 68.9 Å². The molecule has 5 nitrogen and oxygen atoms in total. The second-order valence-electron chi connectivity index (χ2n) is 5.58. The normalized spacial score (nSPS) is 11.2. The maximum atomic E-state index is 5.97. The van der Waals surface area contributed by atoms with E-state index in [0.717, 1.165) is 12.1 Å². The van der Waals surface area contributed by atoms with E-state index < -0.39 is 0 Å². The lowest BCUT2D eigenvalue weighted by atomic mass is 10.0. The molecule has 0 unspecified atom stereocenters. The van der Waals surface area contributed by atoms with Crippen molar-refractivity contribution in [1.82, 2.24) is 0 Å². The van der Waals surface area contributed by atoms with Crippen LogP contribution in [0.4, 0.5) is 5.69 Å². The number of aliphatic imine (C=N–C) groups is 1. The molecule has 0 atom stereocenters. The molecule has 24 heavy (non-hydrogen) atoms. The maximum Gasteiger partial charge on any atom is 0.193 e. The van der Waals surface area contributed by atoms with Crippen LogP contribution in [0.1, 0.15) is 16.7 Å². The number of rotatable bonds is 6. The summed E-state index contributed by atoms with van der Waals surface area (Å²) in [4.78, 5) is 4.41. The van der Waals surface area contributed by atoms with Crippen LogP contribution < -0.4 is 20.5 Å². The first-order chi connectivity index (χ1) is 11.5. The molecule has 0 saturated carbocycles. The summed E-state index contributed by atoms with van der Waals surface area (Å²) >= 11 is 0. The van der Waals surface area contributed by atoms with E-state index in [1.807, 2.05) is 18.2 Å². The van der Waals surface area contributed by atoms with Gasteiger partial charge in [0.1, 0.15) is 0 Å². The molecule has 0 aromatic heterocycles. The molecule has 0 saturated heterocycles. The van der Waals surface area contributed by atoms with Gasteiger partial charge in [-0.05, 0) is 49.1 Å². The highest BCUT2D eigenvalue weighted by molar-refractivity contribution is 5.92. The van der Waals surface area contributed by atoms with Gasteiger partial charge in [0.05, 0.1) is 14.2 Å².